The largest absolute Gasteiger partial charge is 0.492 e. The van der Waals surface area contributed by atoms with Crippen molar-refractivity contribution in [2.45, 2.75) is 171 Å². The Labute approximate surface area is 365 Å². The van der Waals surface area contributed by atoms with Gasteiger partial charge in [0, 0.05) is 30.8 Å². The number of benzene rings is 1. The zero-order valence-electron chi connectivity index (χ0n) is 37.6. The average Bonchev–Trinajstić information content (AvgIpc) is 3.98. The summed E-state index contributed by atoms with van der Waals surface area (Å²) in [5, 5.41) is 2.74. The molecule has 4 heterocycles. The maximum atomic E-state index is 16.7. The first-order valence-electron chi connectivity index (χ1n) is 22.3. The topological polar surface area (TPSA) is 44.8 Å². The number of rotatable bonds is 22. The number of fused-ring (bicyclic) bond motifs is 3. The first-order valence-corrected chi connectivity index (χ1v) is 25.6. The van der Waals surface area contributed by atoms with Crippen LogP contribution in [0.4, 0.5) is 4.39 Å². The summed E-state index contributed by atoms with van der Waals surface area (Å²) in [4.78, 5) is 18.0. The zero-order chi connectivity index (χ0) is 42.4. The van der Waals surface area contributed by atoms with Crippen LogP contribution in [0.25, 0.3) is 40.0 Å². The Kier molecular flexibility index (Phi) is 16.6. The summed E-state index contributed by atoms with van der Waals surface area (Å²) in [6.07, 6.45) is 13.3. The molecule has 0 aliphatic heterocycles. The summed E-state index contributed by atoms with van der Waals surface area (Å²) in [6, 6.07) is 4.61. The molecule has 3 unspecified atom stereocenters. The van der Waals surface area contributed by atoms with E-state index in [9.17, 15) is 4.79 Å². The van der Waals surface area contributed by atoms with Gasteiger partial charge in [-0.2, -0.15) is 0 Å². The number of unbranched alkanes of at least 4 members (excludes halogenated alkanes) is 3. The minimum atomic E-state index is -0.552. The fourth-order valence-corrected chi connectivity index (χ4v) is 12.8. The van der Waals surface area contributed by atoms with Gasteiger partial charge in [-0.25, -0.2) is 9.18 Å². The number of thiophene rings is 4. The van der Waals surface area contributed by atoms with Crippen molar-refractivity contribution in [3.05, 3.63) is 32.6 Å². The second-order valence-electron chi connectivity index (χ2n) is 18.5. The molecule has 0 aliphatic carbocycles. The van der Waals surface area contributed by atoms with Crippen molar-refractivity contribution in [3.8, 4) is 21.3 Å². The van der Waals surface area contributed by atoms with Crippen molar-refractivity contribution >= 4 is 81.6 Å². The third-order valence-corrected chi connectivity index (χ3v) is 17.5. The third kappa shape index (κ3) is 10.6. The number of carbonyl (C=O) groups is 1. The van der Waals surface area contributed by atoms with Crippen LogP contribution in [0, 0.1) is 23.6 Å². The van der Waals surface area contributed by atoms with E-state index in [1.165, 1.54) is 41.9 Å². The van der Waals surface area contributed by atoms with Gasteiger partial charge in [-0.05, 0) is 60.0 Å². The van der Waals surface area contributed by atoms with E-state index in [1.54, 1.807) is 22.7 Å². The van der Waals surface area contributed by atoms with Crippen LogP contribution in [-0.2, 0) is 15.6 Å². The lowest BCUT2D eigenvalue weighted by molar-refractivity contribution is 0.0429. The fraction of sp³-hybridized carbons (Fsp3) is 0.653. The highest BCUT2D eigenvalue weighted by Gasteiger charge is 2.33. The quantitative estimate of drug-likeness (QED) is 0.0650. The van der Waals surface area contributed by atoms with E-state index in [2.05, 4.69) is 95.2 Å². The maximum absolute atomic E-state index is 16.7. The summed E-state index contributed by atoms with van der Waals surface area (Å²) in [5.74, 6) is 2.11. The highest BCUT2D eigenvalue weighted by Crippen LogP contribution is 2.56. The van der Waals surface area contributed by atoms with Gasteiger partial charge in [-0.15, -0.1) is 45.3 Å². The van der Waals surface area contributed by atoms with Gasteiger partial charge in [0.2, 0.25) is 0 Å². The molecule has 0 spiro atoms. The molecule has 58 heavy (non-hydrogen) atoms. The van der Waals surface area contributed by atoms with Crippen LogP contribution in [0.5, 0.6) is 11.5 Å². The Hall–Kier alpha value is -2.20. The van der Waals surface area contributed by atoms with E-state index in [4.69, 9.17) is 14.2 Å². The second-order valence-corrected chi connectivity index (χ2v) is 22.7. The lowest BCUT2D eigenvalue weighted by atomic mass is 9.92. The molecule has 0 saturated carbocycles. The van der Waals surface area contributed by atoms with Crippen LogP contribution in [0.15, 0.2) is 12.1 Å². The normalized spacial score (nSPS) is 14.2. The van der Waals surface area contributed by atoms with Gasteiger partial charge in [-0.3, -0.25) is 0 Å². The van der Waals surface area contributed by atoms with E-state index in [-0.39, 0.29) is 21.6 Å². The lowest BCUT2D eigenvalue weighted by Crippen LogP contribution is -2.14. The van der Waals surface area contributed by atoms with E-state index in [0.717, 1.165) is 102 Å². The van der Waals surface area contributed by atoms with Gasteiger partial charge in [0.25, 0.3) is 0 Å². The van der Waals surface area contributed by atoms with Crippen molar-refractivity contribution in [1.29, 1.82) is 0 Å². The molecule has 5 aromatic rings. The van der Waals surface area contributed by atoms with Crippen LogP contribution in [0.1, 0.15) is 180 Å². The first kappa shape index (κ1) is 46.9. The molecule has 5 rings (SSSR count). The molecule has 0 amide bonds. The molecule has 0 bridgehead atoms. The molecule has 0 saturated heterocycles. The van der Waals surface area contributed by atoms with Gasteiger partial charge >= 0.3 is 5.97 Å². The molecule has 9 heteroatoms. The van der Waals surface area contributed by atoms with Gasteiger partial charge in [0.15, 0.2) is 11.6 Å². The minimum Gasteiger partial charge on any atom is -0.492 e. The molecule has 0 fully saturated rings. The van der Waals surface area contributed by atoms with Crippen molar-refractivity contribution in [3.63, 3.8) is 0 Å². The van der Waals surface area contributed by atoms with E-state index < -0.39 is 11.8 Å². The Bertz CT molecular complexity index is 2030. The van der Waals surface area contributed by atoms with E-state index >= 15 is 4.39 Å². The Morgan fingerprint density at radius 1 is 0.638 bits per heavy atom. The number of ether oxygens (including phenoxy) is 3. The molecular formula is C49H71FO4S4. The van der Waals surface area contributed by atoms with E-state index in [0.29, 0.717) is 37.0 Å². The van der Waals surface area contributed by atoms with Crippen molar-refractivity contribution in [2.75, 3.05) is 19.8 Å². The standard InChI is InChI=1S/C49H71FO4S4/c1-13-19-22-30(16-4)27-52-39-33-25-35(55-41(33)40(53-28-31(17-5)23-20-14-2)42-34(39)26-36(56-42)48(7,8)9)43-44-37(46(58-43)49(10,11)12)38(50)45(57-44)47(51)54-29-32(18-6)24-21-15-3/h25-26,30-32H,13-24,27-29H2,1-12H3. The van der Waals surface area contributed by atoms with Crippen molar-refractivity contribution < 1.29 is 23.4 Å². The Morgan fingerprint density at radius 3 is 1.67 bits per heavy atom. The molecule has 1 aromatic carbocycles. The predicted molar refractivity (Wildman–Crippen MR) is 254 cm³/mol. The predicted octanol–water partition coefficient (Wildman–Crippen LogP) is 17.4. The highest BCUT2D eigenvalue weighted by molar-refractivity contribution is 7.31. The Morgan fingerprint density at radius 2 is 1.16 bits per heavy atom. The number of halogens is 1. The van der Waals surface area contributed by atoms with Crippen LogP contribution in [-0.4, -0.2) is 25.8 Å². The molecular weight excluding hydrogens is 800 g/mol. The van der Waals surface area contributed by atoms with Crippen LogP contribution in [0.2, 0.25) is 0 Å². The highest BCUT2D eigenvalue weighted by atomic mass is 32.1. The lowest BCUT2D eigenvalue weighted by Gasteiger charge is -2.19. The Balaban J connectivity index is 1.71. The molecule has 4 nitrogen and oxygen atoms in total. The molecule has 4 aromatic heterocycles. The first-order chi connectivity index (χ1) is 27.6. The molecule has 0 aliphatic rings. The molecule has 3 atom stereocenters. The van der Waals surface area contributed by atoms with Crippen molar-refractivity contribution in [2.24, 2.45) is 17.8 Å². The smallest absolute Gasteiger partial charge is 0.351 e. The monoisotopic (exact) mass is 870 g/mol. The van der Waals surface area contributed by atoms with Gasteiger partial charge < -0.3 is 14.2 Å². The van der Waals surface area contributed by atoms with Crippen LogP contribution in [0.3, 0.4) is 0 Å². The van der Waals surface area contributed by atoms with Gasteiger partial charge in [-0.1, -0.05) is 141 Å². The van der Waals surface area contributed by atoms with Crippen LogP contribution >= 0.6 is 45.3 Å². The molecule has 0 radical (unpaired) electrons. The maximum Gasteiger partial charge on any atom is 0.351 e. The number of hydrogen-bond acceptors (Lipinski definition) is 8. The number of hydrogen-bond donors (Lipinski definition) is 0. The summed E-state index contributed by atoms with van der Waals surface area (Å²) in [5.41, 5.74) is -0.359. The summed E-state index contributed by atoms with van der Waals surface area (Å²) in [7, 11) is 0. The molecule has 0 N–H and O–H groups in total. The third-order valence-electron chi connectivity index (χ3n) is 11.7. The zero-order valence-corrected chi connectivity index (χ0v) is 40.9. The average molecular weight is 871 g/mol. The SMILES string of the molecule is CCCCC(CC)COC(=O)c1sc2c(-c3cc4c(OCC(CC)CCCC)c5cc(C(C)(C)C)sc5c(OCC(CC)CCCC)c4s3)sc(C(C)(C)C)c2c1F. The summed E-state index contributed by atoms with van der Waals surface area (Å²) < 4.78 is 39.7. The van der Waals surface area contributed by atoms with E-state index in [1.807, 2.05) is 11.3 Å². The minimum absolute atomic E-state index is 0.0298. The number of esters is 1. The van der Waals surface area contributed by atoms with Crippen molar-refractivity contribution in [1.82, 2.24) is 0 Å². The molecule has 322 valence electrons. The fourth-order valence-electron chi connectivity index (χ4n) is 7.62. The summed E-state index contributed by atoms with van der Waals surface area (Å²) in [6.45, 7) is 28.2. The van der Waals surface area contributed by atoms with Gasteiger partial charge in [0.1, 0.15) is 10.6 Å². The van der Waals surface area contributed by atoms with Gasteiger partial charge in [0.05, 0.1) is 38.8 Å². The summed E-state index contributed by atoms with van der Waals surface area (Å²) >= 11 is 6.46. The number of carbonyl (C=O) groups excluding carboxylic acids is 1. The van der Waals surface area contributed by atoms with Crippen LogP contribution < -0.4 is 9.47 Å². The second kappa shape index (κ2) is 20.6.